The molecule has 1 rings (SSSR count). The van der Waals surface area contributed by atoms with E-state index < -0.39 is 17.7 Å². The fourth-order valence-electron chi connectivity index (χ4n) is 1.23. The van der Waals surface area contributed by atoms with E-state index in [-0.39, 0.29) is 6.61 Å². The molecular formula is C13H14N4O4. The molecule has 0 aliphatic heterocycles. The van der Waals surface area contributed by atoms with Gasteiger partial charge in [-0.1, -0.05) is 0 Å². The van der Waals surface area contributed by atoms with Gasteiger partial charge in [-0.25, -0.2) is 4.79 Å². The van der Waals surface area contributed by atoms with Crippen LogP contribution < -0.4 is 15.5 Å². The third-order valence-corrected chi connectivity index (χ3v) is 2.20. The van der Waals surface area contributed by atoms with Crippen LogP contribution in [0.1, 0.15) is 6.92 Å². The van der Waals surface area contributed by atoms with Crippen molar-refractivity contribution in [1.29, 1.82) is 5.26 Å². The predicted octanol–water partition coefficient (Wildman–Crippen LogP) is 1.26. The molecule has 8 heteroatoms. The maximum Gasteiger partial charge on any atom is 0.414 e. The van der Waals surface area contributed by atoms with E-state index in [9.17, 15) is 9.59 Å². The molecule has 1 aromatic rings. The second-order valence-corrected chi connectivity index (χ2v) is 3.59. The fraction of sp³-hybridized carbons (Fsp3) is 0.231. The van der Waals surface area contributed by atoms with Gasteiger partial charge in [0.2, 0.25) is 5.71 Å². The van der Waals surface area contributed by atoms with Crippen LogP contribution in [-0.2, 0) is 9.53 Å². The molecule has 0 unspecified atom stereocenters. The second-order valence-electron chi connectivity index (χ2n) is 3.59. The van der Waals surface area contributed by atoms with E-state index in [2.05, 4.69) is 15.3 Å². The van der Waals surface area contributed by atoms with Gasteiger partial charge in [0.15, 0.2) is 0 Å². The Labute approximate surface area is 121 Å². The number of carbonyl (C=O) groups excluding carboxylic acids is 2. The van der Waals surface area contributed by atoms with Crippen LogP contribution in [0, 0.1) is 11.3 Å². The number of hydrogen-bond acceptors (Lipinski definition) is 7. The first kappa shape index (κ1) is 16.0. The molecule has 110 valence electrons. The molecule has 0 heterocycles. The molecule has 0 fully saturated rings. The quantitative estimate of drug-likeness (QED) is 0.623. The SMILES string of the molecule is CCOC(=O)NC(=O)/C(C#N)=N/Nc1ccc(OC)cc1. The van der Waals surface area contributed by atoms with Crippen molar-refractivity contribution in [3.63, 3.8) is 0 Å². The van der Waals surface area contributed by atoms with Crippen LogP contribution in [0.5, 0.6) is 5.75 Å². The van der Waals surface area contributed by atoms with Crippen molar-refractivity contribution in [2.45, 2.75) is 6.92 Å². The molecule has 0 saturated carbocycles. The lowest BCUT2D eigenvalue weighted by molar-refractivity contribution is -0.114. The van der Waals surface area contributed by atoms with Gasteiger partial charge in [-0.3, -0.25) is 15.5 Å². The van der Waals surface area contributed by atoms with Crippen molar-refractivity contribution in [1.82, 2.24) is 5.32 Å². The number of anilines is 1. The third kappa shape index (κ3) is 5.20. The van der Waals surface area contributed by atoms with Gasteiger partial charge in [0.1, 0.15) is 11.8 Å². The first-order chi connectivity index (χ1) is 10.1. The normalized spacial score (nSPS) is 10.2. The van der Waals surface area contributed by atoms with Crippen molar-refractivity contribution < 1.29 is 19.1 Å². The number of hydrazone groups is 1. The zero-order valence-electron chi connectivity index (χ0n) is 11.5. The van der Waals surface area contributed by atoms with Gasteiger partial charge in [-0.15, -0.1) is 0 Å². The van der Waals surface area contributed by atoms with E-state index in [1.807, 2.05) is 5.32 Å². The lowest BCUT2D eigenvalue weighted by Crippen LogP contribution is -2.36. The van der Waals surface area contributed by atoms with Crippen molar-refractivity contribution in [2.75, 3.05) is 19.1 Å². The molecule has 0 radical (unpaired) electrons. The van der Waals surface area contributed by atoms with Crippen LogP contribution in [0.2, 0.25) is 0 Å². The van der Waals surface area contributed by atoms with Gasteiger partial charge in [0.25, 0.3) is 5.91 Å². The average Bonchev–Trinajstić information content (AvgIpc) is 2.48. The molecule has 0 spiro atoms. The summed E-state index contributed by atoms with van der Waals surface area (Å²) in [5, 5.41) is 14.3. The number of nitrogens with zero attached hydrogens (tertiary/aromatic N) is 2. The number of methoxy groups -OCH3 is 1. The molecular weight excluding hydrogens is 276 g/mol. The Bertz CT molecular complexity index is 575. The maximum absolute atomic E-state index is 11.6. The predicted molar refractivity (Wildman–Crippen MR) is 74.8 cm³/mol. The largest absolute Gasteiger partial charge is 0.497 e. The number of imide groups is 1. The van der Waals surface area contributed by atoms with Crippen LogP contribution in [0.3, 0.4) is 0 Å². The molecule has 2 N–H and O–H groups in total. The number of rotatable bonds is 5. The second kappa shape index (κ2) is 8.16. The molecule has 0 aliphatic rings. The summed E-state index contributed by atoms with van der Waals surface area (Å²) in [6, 6.07) is 8.26. The van der Waals surface area contributed by atoms with Gasteiger partial charge in [-0.2, -0.15) is 10.4 Å². The Morgan fingerprint density at radius 1 is 1.33 bits per heavy atom. The molecule has 0 aromatic heterocycles. The number of carbonyl (C=O) groups is 2. The number of benzene rings is 1. The van der Waals surface area contributed by atoms with E-state index in [1.165, 1.54) is 7.11 Å². The summed E-state index contributed by atoms with van der Waals surface area (Å²) in [5.74, 6) is -0.290. The minimum absolute atomic E-state index is 0.113. The lowest BCUT2D eigenvalue weighted by Gasteiger charge is -2.04. The lowest BCUT2D eigenvalue weighted by atomic mass is 10.3. The van der Waals surface area contributed by atoms with Gasteiger partial charge in [0.05, 0.1) is 19.4 Å². The topological polar surface area (TPSA) is 113 Å². The van der Waals surface area contributed by atoms with E-state index in [1.54, 1.807) is 37.3 Å². The number of nitrogens with one attached hydrogen (secondary N) is 2. The van der Waals surface area contributed by atoms with E-state index in [4.69, 9.17) is 10.00 Å². The molecule has 0 atom stereocenters. The van der Waals surface area contributed by atoms with Gasteiger partial charge >= 0.3 is 6.09 Å². The molecule has 0 aliphatic carbocycles. The monoisotopic (exact) mass is 290 g/mol. The van der Waals surface area contributed by atoms with Gasteiger partial charge < -0.3 is 9.47 Å². The first-order valence-corrected chi connectivity index (χ1v) is 5.96. The van der Waals surface area contributed by atoms with Crippen molar-refractivity contribution in [3.8, 4) is 11.8 Å². The summed E-state index contributed by atoms with van der Waals surface area (Å²) >= 11 is 0. The zero-order valence-corrected chi connectivity index (χ0v) is 11.5. The third-order valence-electron chi connectivity index (χ3n) is 2.20. The highest BCUT2D eigenvalue weighted by atomic mass is 16.5. The van der Waals surface area contributed by atoms with Crippen LogP contribution in [0.15, 0.2) is 29.4 Å². The summed E-state index contributed by atoms with van der Waals surface area (Å²) in [6.07, 6.45) is -0.935. The van der Waals surface area contributed by atoms with Crippen molar-refractivity contribution in [3.05, 3.63) is 24.3 Å². The smallest absolute Gasteiger partial charge is 0.414 e. The number of alkyl carbamates (subject to hydrolysis) is 1. The summed E-state index contributed by atoms with van der Waals surface area (Å²) in [4.78, 5) is 22.6. The Morgan fingerprint density at radius 3 is 2.52 bits per heavy atom. The Balaban J connectivity index is 2.68. The highest BCUT2D eigenvalue weighted by Crippen LogP contribution is 2.14. The molecule has 0 bridgehead atoms. The van der Waals surface area contributed by atoms with Crippen LogP contribution in [0.25, 0.3) is 0 Å². The average molecular weight is 290 g/mol. The van der Waals surface area contributed by atoms with Crippen LogP contribution in [-0.4, -0.2) is 31.4 Å². The summed E-state index contributed by atoms with van der Waals surface area (Å²) in [7, 11) is 1.54. The van der Waals surface area contributed by atoms with E-state index in [0.717, 1.165) is 0 Å². The van der Waals surface area contributed by atoms with E-state index in [0.29, 0.717) is 11.4 Å². The minimum atomic E-state index is -0.947. The van der Waals surface area contributed by atoms with Gasteiger partial charge in [0, 0.05) is 0 Å². The van der Waals surface area contributed by atoms with Crippen LogP contribution >= 0.6 is 0 Å². The minimum Gasteiger partial charge on any atom is -0.497 e. The molecule has 1 aromatic carbocycles. The number of nitriles is 1. The highest BCUT2D eigenvalue weighted by molar-refractivity contribution is 6.46. The maximum atomic E-state index is 11.6. The Hall–Kier alpha value is -3.08. The summed E-state index contributed by atoms with van der Waals surface area (Å²) in [6.45, 7) is 1.71. The summed E-state index contributed by atoms with van der Waals surface area (Å²) < 4.78 is 9.52. The number of amides is 2. The molecule has 8 nitrogen and oxygen atoms in total. The number of hydrogen-bond donors (Lipinski definition) is 2. The molecule has 0 saturated heterocycles. The summed E-state index contributed by atoms with van der Waals surface area (Å²) in [5.41, 5.74) is 2.58. The zero-order chi connectivity index (χ0) is 15.7. The fourth-order valence-corrected chi connectivity index (χ4v) is 1.23. The number of ether oxygens (including phenoxy) is 2. The van der Waals surface area contributed by atoms with Crippen molar-refractivity contribution >= 4 is 23.4 Å². The Kier molecular flexibility index (Phi) is 6.21. The highest BCUT2D eigenvalue weighted by Gasteiger charge is 2.15. The van der Waals surface area contributed by atoms with E-state index >= 15 is 0 Å². The standard InChI is InChI=1S/C13H14N4O4/c1-3-21-13(19)15-12(18)11(8-14)17-16-9-4-6-10(20-2)7-5-9/h4-7,16H,3H2,1-2H3,(H,15,18,19)/b17-11+. The van der Waals surface area contributed by atoms with Gasteiger partial charge in [-0.05, 0) is 31.2 Å². The first-order valence-electron chi connectivity index (χ1n) is 5.96. The molecule has 2 amide bonds. The Morgan fingerprint density at radius 2 is 2.00 bits per heavy atom. The van der Waals surface area contributed by atoms with Crippen molar-refractivity contribution in [2.24, 2.45) is 5.10 Å². The van der Waals surface area contributed by atoms with Crippen LogP contribution in [0.4, 0.5) is 10.5 Å². The molecule has 21 heavy (non-hydrogen) atoms.